The van der Waals surface area contributed by atoms with Crippen molar-refractivity contribution in [1.82, 2.24) is 9.80 Å². The number of esters is 1. The van der Waals surface area contributed by atoms with E-state index in [1.54, 1.807) is 26.0 Å². The summed E-state index contributed by atoms with van der Waals surface area (Å²) in [5.41, 5.74) is 2.03. The molecule has 1 fully saturated rings. The standard InChI is InChI=1S/C25H30N4O5S/c1-4-34-24(31)22-16(2)26-25-28(23(22)17-9-8-12-19(13-17)29(32)33)20(15-35-25)14-21(30)27(3)18-10-6-5-7-11-18/h8-9,12-13,15,18,23H,4-7,10-11,14H2,1-3H3. The van der Waals surface area contributed by atoms with Gasteiger partial charge in [-0.1, -0.05) is 43.2 Å². The van der Waals surface area contributed by atoms with Gasteiger partial charge in [-0.3, -0.25) is 14.9 Å². The molecule has 10 heteroatoms. The highest BCUT2D eigenvalue weighted by Crippen LogP contribution is 2.45. The van der Waals surface area contributed by atoms with Crippen LogP contribution in [-0.2, 0) is 14.3 Å². The third kappa shape index (κ3) is 5.12. The van der Waals surface area contributed by atoms with E-state index in [1.165, 1.54) is 30.3 Å². The van der Waals surface area contributed by atoms with E-state index >= 15 is 0 Å². The maximum Gasteiger partial charge on any atom is 0.338 e. The van der Waals surface area contributed by atoms with Crippen LogP contribution >= 0.6 is 11.8 Å². The minimum atomic E-state index is -0.685. The molecule has 4 rings (SSSR count). The first-order valence-corrected chi connectivity index (χ1v) is 12.8. The van der Waals surface area contributed by atoms with Gasteiger partial charge in [-0.05, 0) is 37.7 Å². The van der Waals surface area contributed by atoms with Gasteiger partial charge in [0, 0.05) is 30.9 Å². The van der Waals surface area contributed by atoms with E-state index in [0.29, 0.717) is 27.7 Å². The number of ether oxygens (including phenoxy) is 1. The number of nitro benzene ring substituents is 1. The van der Waals surface area contributed by atoms with Crippen LogP contribution < -0.4 is 0 Å². The van der Waals surface area contributed by atoms with Crippen molar-refractivity contribution >= 4 is 34.5 Å². The van der Waals surface area contributed by atoms with Gasteiger partial charge >= 0.3 is 5.97 Å². The Morgan fingerprint density at radius 2 is 2.03 bits per heavy atom. The number of thioether (sulfide) groups is 1. The highest BCUT2D eigenvalue weighted by Gasteiger charge is 2.42. The van der Waals surface area contributed by atoms with Crippen LogP contribution in [0.1, 0.15) is 64.0 Å². The molecular weight excluding hydrogens is 468 g/mol. The van der Waals surface area contributed by atoms with Crippen molar-refractivity contribution in [2.75, 3.05) is 13.7 Å². The zero-order valence-corrected chi connectivity index (χ0v) is 21.0. The Kier molecular flexibility index (Phi) is 7.59. The molecule has 1 amide bonds. The lowest BCUT2D eigenvalue weighted by Crippen LogP contribution is -2.41. The van der Waals surface area contributed by atoms with Crippen LogP contribution in [0.15, 0.2) is 51.6 Å². The molecule has 1 unspecified atom stereocenters. The molecule has 3 aliphatic rings. The van der Waals surface area contributed by atoms with Crippen LogP contribution in [0, 0.1) is 10.1 Å². The number of amides is 1. The van der Waals surface area contributed by atoms with Crippen LogP contribution in [0.5, 0.6) is 0 Å². The second kappa shape index (κ2) is 10.6. The Morgan fingerprint density at radius 3 is 2.71 bits per heavy atom. The highest BCUT2D eigenvalue weighted by molar-refractivity contribution is 8.16. The van der Waals surface area contributed by atoms with Crippen LogP contribution in [0.2, 0.25) is 0 Å². The molecule has 2 aliphatic heterocycles. The average molecular weight is 499 g/mol. The average Bonchev–Trinajstić information content (AvgIpc) is 3.25. The molecule has 2 heterocycles. The predicted molar refractivity (Wildman–Crippen MR) is 134 cm³/mol. The van der Waals surface area contributed by atoms with E-state index < -0.39 is 16.9 Å². The number of fused-ring (bicyclic) bond motifs is 1. The van der Waals surface area contributed by atoms with Gasteiger partial charge in [0.15, 0.2) is 5.17 Å². The van der Waals surface area contributed by atoms with Gasteiger partial charge in [-0.25, -0.2) is 9.79 Å². The van der Waals surface area contributed by atoms with Gasteiger partial charge in [0.25, 0.3) is 5.69 Å². The molecule has 0 N–H and O–H groups in total. The number of nitro groups is 1. The summed E-state index contributed by atoms with van der Waals surface area (Å²) in [6.07, 6.45) is 5.65. The summed E-state index contributed by atoms with van der Waals surface area (Å²) in [5, 5.41) is 14.0. The quantitative estimate of drug-likeness (QED) is 0.299. The monoisotopic (exact) mass is 498 g/mol. The Bertz CT molecular complexity index is 1120. The molecule has 1 aromatic rings. The van der Waals surface area contributed by atoms with Crippen molar-refractivity contribution in [3.8, 4) is 0 Å². The Morgan fingerprint density at radius 1 is 1.29 bits per heavy atom. The minimum absolute atomic E-state index is 0.00625. The van der Waals surface area contributed by atoms with Gasteiger partial charge in [0.05, 0.1) is 35.3 Å². The topological polar surface area (TPSA) is 105 Å². The number of amidine groups is 1. The molecule has 9 nitrogen and oxygen atoms in total. The lowest BCUT2D eigenvalue weighted by atomic mass is 9.93. The molecule has 1 atom stereocenters. The number of carbonyl (C=O) groups is 2. The summed E-state index contributed by atoms with van der Waals surface area (Å²) in [5.74, 6) is -0.516. The molecule has 35 heavy (non-hydrogen) atoms. The molecule has 0 spiro atoms. The van der Waals surface area contributed by atoms with Crippen molar-refractivity contribution < 1.29 is 19.2 Å². The van der Waals surface area contributed by atoms with Crippen LogP contribution in [0.3, 0.4) is 0 Å². The Labute approximate surface area is 209 Å². The first-order chi connectivity index (χ1) is 16.8. The minimum Gasteiger partial charge on any atom is -0.463 e. The zero-order chi connectivity index (χ0) is 25.1. The van der Waals surface area contributed by atoms with Crippen molar-refractivity contribution in [3.05, 3.63) is 62.3 Å². The van der Waals surface area contributed by atoms with Crippen molar-refractivity contribution in [2.24, 2.45) is 4.99 Å². The molecule has 1 aliphatic carbocycles. The van der Waals surface area contributed by atoms with Crippen LogP contribution in [0.4, 0.5) is 5.69 Å². The first kappa shape index (κ1) is 25.0. The lowest BCUT2D eigenvalue weighted by Gasteiger charge is -2.37. The molecule has 1 saturated carbocycles. The van der Waals surface area contributed by atoms with Crippen molar-refractivity contribution in [3.63, 3.8) is 0 Å². The van der Waals surface area contributed by atoms with Crippen LogP contribution in [-0.4, -0.2) is 51.5 Å². The number of hydrogen-bond acceptors (Lipinski definition) is 8. The number of carbonyl (C=O) groups excluding carboxylic acids is 2. The molecule has 0 aromatic heterocycles. The van der Waals surface area contributed by atoms with Gasteiger partial charge in [0.1, 0.15) is 0 Å². The predicted octanol–water partition coefficient (Wildman–Crippen LogP) is 4.91. The van der Waals surface area contributed by atoms with E-state index in [9.17, 15) is 19.7 Å². The second-order valence-electron chi connectivity index (χ2n) is 8.94. The van der Waals surface area contributed by atoms with Gasteiger partial charge in [0.2, 0.25) is 5.91 Å². The number of non-ortho nitro benzene ring substituents is 1. The summed E-state index contributed by atoms with van der Waals surface area (Å²) < 4.78 is 5.34. The maximum absolute atomic E-state index is 13.3. The summed E-state index contributed by atoms with van der Waals surface area (Å²) in [6.45, 7) is 3.65. The third-order valence-electron chi connectivity index (χ3n) is 6.74. The Balaban J connectivity index is 1.69. The van der Waals surface area contributed by atoms with E-state index in [4.69, 9.17) is 4.74 Å². The number of benzene rings is 1. The first-order valence-electron chi connectivity index (χ1n) is 11.9. The largest absolute Gasteiger partial charge is 0.463 e. The SMILES string of the molecule is CCOC(=O)C1=C(C)N=C2SC=C(CC(=O)N(C)C3CCCCC3)N2C1c1cccc([N+](=O)[O-])c1. The zero-order valence-electron chi connectivity index (χ0n) is 20.2. The molecular formula is C25H30N4O5S. The Hall–Kier alpha value is -3.14. The molecule has 0 radical (unpaired) electrons. The number of hydrogen-bond donors (Lipinski definition) is 0. The number of nitrogens with zero attached hydrogens (tertiary/aromatic N) is 4. The van der Waals surface area contributed by atoms with Crippen LogP contribution in [0.25, 0.3) is 0 Å². The van der Waals surface area contributed by atoms with E-state index in [2.05, 4.69) is 4.99 Å². The summed E-state index contributed by atoms with van der Waals surface area (Å²) in [7, 11) is 1.86. The normalized spacial score (nSPS) is 20.2. The number of allylic oxidation sites excluding steroid dienone is 1. The van der Waals surface area contributed by atoms with Gasteiger partial charge in [-0.2, -0.15) is 0 Å². The fourth-order valence-corrected chi connectivity index (χ4v) is 5.88. The summed E-state index contributed by atoms with van der Waals surface area (Å²) >= 11 is 1.39. The second-order valence-corrected chi connectivity index (χ2v) is 9.78. The third-order valence-corrected chi connectivity index (χ3v) is 7.63. The van der Waals surface area contributed by atoms with E-state index in [1.807, 2.05) is 22.3 Å². The fourth-order valence-electron chi connectivity index (χ4n) is 4.92. The molecule has 186 valence electrons. The van der Waals surface area contributed by atoms with Crippen molar-refractivity contribution in [1.29, 1.82) is 0 Å². The highest BCUT2D eigenvalue weighted by atomic mass is 32.2. The van der Waals surface area contributed by atoms with Crippen molar-refractivity contribution in [2.45, 2.75) is 64.5 Å². The van der Waals surface area contributed by atoms with E-state index in [-0.39, 0.29) is 30.7 Å². The van der Waals surface area contributed by atoms with E-state index in [0.717, 1.165) is 25.7 Å². The van der Waals surface area contributed by atoms with Gasteiger partial charge < -0.3 is 14.5 Å². The van der Waals surface area contributed by atoms with Gasteiger partial charge in [-0.15, -0.1) is 0 Å². The fraction of sp³-hybridized carbons (Fsp3) is 0.480. The molecule has 0 saturated heterocycles. The molecule has 1 aromatic carbocycles. The summed E-state index contributed by atoms with van der Waals surface area (Å²) in [4.78, 5) is 45.6. The summed E-state index contributed by atoms with van der Waals surface area (Å²) in [6, 6.07) is 5.80. The smallest absolute Gasteiger partial charge is 0.338 e. The molecule has 0 bridgehead atoms. The number of aliphatic imine (C=N–C) groups is 1. The maximum atomic E-state index is 13.3. The lowest BCUT2D eigenvalue weighted by molar-refractivity contribution is -0.384. The number of rotatable bonds is 7.